The molecule has 2 N–H and O–H groups in total. The fourth-order valence-corrected chi connectivity index (χ4v) is 2.88. The van der Waals surface area contributed by atoms with Crippen molar-refractivity contribution >= 4 is 37.6 Å². The van der Waals surface area contributed by atoms with Crippen molar-refractivity contribution in [3.8, 4) is 0 Å². The van der Waals surface area contributed by atoms with Gasteiger partial charge >= 0.3 is 5.97 Å². The van der Waals surface area contributed by atoms with Crippen LogP contribution in [0.25, 0.3) is 21.9 Å². The zero-order valence-electron chi connectivity index (χ0n) is 11.5. The molecule has 0 radical (unpaired) electrons. The van der Waals surface area contributed by atoms with Crippen LogP contribution in [0, 0.1) is 4.78 Å². The molecule has 0 amide bonds. The summed E-state index contributed by atoms with van der Waals surface area (Å²) < 4.78 is 25.0. The van der Waals surface area contributed by atoms with Crippen LogP contribution in [-0.2, 0) is 9.73 Å². The molecule has 0 unspecified atom stereocenters. The van der Waals surface area contributed by atoms with E-state index in [9.17, 15) is 13.8 Å². The van der Waals surface area contributed by atoms with Crippen molar-refractivity contribution < 1.29 is 18.5 Å². The molecule has 7 heteroatoms. The lowest BCUT2D eigenvalue weighted by atomic mass is 10.1. The van der Waals surface area contributed by atoms with Gasteiger partial charge in [0.2, 0.25) is 5.43 Å². The van der Waals surface area contributed by atoms with Gasteiger partial charge in [-0.15, -0.1) is 0 Å². The molecule has 0 aliphatic rings. The van der Waals surface area contributed by atoms with Gasteiger partial charge in [0, 0.05) is 11.2 Å². The summed E-state index contributed by atoms with van der Waals surface area (Å²) in [6.45, 7) is 0. The van der Waals surface area contributed by atoms with Gasteiger partial charge in [-0.2, -0.15) is 0 Å². The first-order valence-electron chi connectivity index (χ1n) is 6.25. The van der Waals surface area contributed by atoms with Crippen LogP contribution in [0.5, 0.6) is 0 Å². The molecule has 0 fully saturated rings. The number of fused-ring (bicyclic) bond motifs is 2. The highest BCUT2D eigenvalue weighted by Crippen LogP contribution is 2.22. The van der Waals surface area contributed by atoms with Crippen LogP contribution < -0.4 is 5.43 Å². The summed E-state index contributed by atoms with van der Waals surface area (Å²) in [6, 6.07) is 8.38. The Kier molecular flexibility index (Phi) is 3.03. The number of rotatable bonds is 2. The number of nitrogens with one attached hydrogen (secondary N) is 1. The maximum Gasteiger partial charge on any atom is 0.335 e. The van der Waals surface area contributed by atoms with Crippen LogP contribution in [0.2, 0.25) is 0 Å². The van der Waals surface area contributed by atoms with E-state index in [2.05, 4.69) is 0 Å². The minimum atomic E-state index is -2.96. The predicted octanol–water partition coefficient (Wildman–Crippen LogP) is 2.68. The third-order valence-corrected chi connectivity index (χ3v) is 4.49. The van der Waals surface area contributed by atoms with Crippen molar-refractivity contribution in [2.45, 2.75) is 4.90 Å². The molecule has 2 aromatic carbocycles. The fraction of sp³-hybridized carbons (Fsp3) is 0.0667. The first kappa shape index (κ1) is 14.3. The standard InChI is InChI=1S/C15H11NO5S/c1-22(16,20)9-3-5-13-11(7-9)14(17)10-6-8(15(18)19)2-4-12(10)21-13/h2-7,16H,1H3,(H,18,19)/t22-/m1/s1. The molecule has 0 aliphatic heterocycles. The molecular formula is C15H11NO5S. The molecule has 3 rings (SSSR count). The zero-order valence-corrected chi connectivity index (χ0v) is 12.3. The molecule has 1 heterocycles. The molecule has 1 aromatic heterocycles. The first-order valence-corrected chi connectivity index (χ1v) is 8.22. The summed E-state index contributed by atoms with van der Waals surface area (Å²) in [5.41, 5.74) is 0.145. The molecule has 0 saturated heterocycles. The van der Waals surface area contributed by atoms with E-state index in [1.54, 1.807) is 0 Å². The molecule has 112 valence electrons. The van der Waals surface area contributed by atoms with Crippen LogP contribution >= 0.6 is 0 Å². The Morgan fingerprint density at radius 3 is 2.32 bits per heavy atom. The van der Waals surface area contributed by atoms with Crippen LogP contribution in [0.1, 0.15) is 10.4 Å². The van der Waals surface area contributed by atoms with Crippen molar-refractivity contribution in [3.05, 3.63) is 52.2 Å². The van der Waals surface area contributed by atoms with E-state index < -0.39 is 21.1 Å². The van der Waals surface area contributed by atoms with Crippen molar-refractivity contribution in [2.24, 2.45) is 0 Å². The second-order valence-electron chi connectivity index (χ2n) is 4.95. The highest BCUT2D eigenvalue weighted by atomic mass is 32.2. The van der Waals surface area contributed by atoms with Crippen molar-refractivity contribution in [3.63, 3.8) is 0 Å². The lowest BCUT2D eigenvalue weighted by Crippen LogP contribution is -2.06. The predicted molar refractivity (Wildman–Crippen MR) is 82.0 cm³/mol. The fourth-order valence-electron chi connectivity index (χ4n) is 2.21. The van der Waals surface area contributed by atoms with Gasteiger partial charge in [-0.25, -0.2) is 13.8 Å². The van der Waals surface area contributed by atoms with E-state index in [4.69, 9.17) is 14.3 Å². The summed E-state index contributed by atoms with van der Waals surface area (Å²) in [7, 11) is -2.96. The minimum absolute atomic E-state index is 0.0184. The third kappa shape index (κ3) is 2.25. The maximum atomic E-state index is 12.5. The Morgan fingerprint density at radius 1 is 1.14 bits per heavy atom. The van der Waals surface area contributed by atoms with Crippen LogP contribution in [0.3, 0.4) is 0 Å². The summed E-state index contributed by atoms with van der Waals surface area (Å²) in [5.74, 6) is -1.14. The van der Waals surface area contributed by atoms with Crippen molar-refractivity contribution in [2.75, 3.05) is 6.26 Å². The van der Waals surface area contributed by atoms with Gasteiger partial charge in [0.15, 0.2) is 0 Å². The van der Waals surface area contributed by atoms with E-state index in [1.807, 2.05) is 0 Å². The molecule has 1 atom stereocenters. The monoisotopic (exact) mass is 317 g/mol. The minimum Gasteiger partial charge on any atom is -0.478 e. The van der Waals surface area contributed by atoms with E-state index in [0.29, 0.717) is 5.58 Å². The normalized spacial score (nSPS) is 14.0. The number of hydrogen-bond donors (Lipinski definition) is 2. The number of aromatic carboxylic acids is 1. The van der Waals surface area contributed by atoms with E-state index in [1.165, 1.54) is 42.7 Å². The SMILES string of the molecule is C[S@@](=N)(=O)c1ccc2oc3ccc(C(=O)O)cc3c(=O)c2c1. The van der Waals surface area contributed by atoms with Gasteiger partial charge in [0.05, 0.1) is 26.1 Å². The quantitative estimate of drug-likeness (QED) is 0.706. The second-order valence-corrected chi connectivity index (χ2v) is 7.11. The van der Waals surface area contributed by atoms with E-state index in [-0.39, 0.29) is 26.8 Å². The summed E-state index contributed by atoms with van der Waals surface area (Å²) in [4.78, 5) is 23.8. The lowest BCUT2D eigenvalue weighted by Gasteiger charge is -2.05. The Bertz CT molecular complexity index is 1100. The van der Waals surface area contributed by atoms with Crippen LogP contribution in [-0.4, -0.2) is 21.5 Å². The van der Waals surface area contributed by atoms with Gasteiger partial charge in [-0.05, 0) is 36.4 Å². The molecule has 0 bridgehead atoms. The Labute approximate surface area is 125 Å². The van der Waals surface area contributed by atoms with Crippen LogP contribution in [0.4, 0.5) is 0 Å². The average Bonchev–Trinajstić information content (AvgIpc) is 2.45. The smallest absolute Gasteiger partial charge is 0.335 e. The van der Waals surface area contributed by atoms with E-state index >= 15 is 0 Å². The summed E-state index contributed by atoms with van der Waals surface area (Å²) in [5, 5.41) is 9.32. The highest BCUT2D eigenvalue weighted by molar-refractivity contribution is 7.91. The molecule has 0 saturated carbocycles. The highest BCUT2D eigenvalue weighted by Gasteiger charge is 2.13. The third-order valence-electron chi connectivity index (χ3n) is 3.34. The topological polar surface area (TPSA) is 108 Å². The maximum absolute atomic E-state index is 12.5. The number of benzene rings is 2. The lowest BCUT2D eigenvalue weighted by molar-refractivity contribution is 0.0697. The molecule has 3 aromatic rings. The van der Waals surface area contributed by atoms with E-state index in [0.717, 1.165) is 0 Å². The number of carbonyl (C=O) groups is 1. The van der Waals surface area contributed by atoms with Crippen molar-refractivity contribution in [1.82, 2.24) is 0 Å². The largest absolute Gasteiger partial charge is 0.478 e. The van der Waals surface area contributed by atoms with Gasteiger partial charge in [0.25, 0.3) is 0 Å². The molecule has 0 aliphatic carbocycles. The number of carboxylic acids is 1. The average molecular weight is 317 g/mol. The number of carboxylic acid groups (broad SMARTS) is 1. The Balaban J connectivity index is 2.44. The molecule has 22 heavy (non-hydrogen) atoms. The Hall–Kier alpha value is -2.67. The van der Waals surface area contributed by atoms with Crippen molar-refractivity contribution in [1.29, 1.82) is 4.78 Å². The molecule has 6 nitrogen and oxygen atoms in total. The van der Waals surface area contributed by atoms with Gasteiger partial charge in [-0.3, -0.25) is 4.79 Å². The molecular weight excluding hydrogens is 306 g/mol. The summed E-state index contributed by atoms with van der Waals surface area (Å²) in [6.07, 6.45) is 1.26. The first-order chi connectivity index (χ1) is 10.3. The van der Waals surface area contributed by atoms with Gasteiger partial charge in [0.1, 0.15) is 11.2 Å². The van der Waals surface area contributed by atoms with Gasteiger partial charge < -0.3 is 9.52 Å². The Morgan fingerprint density at radius 2 is 1.73 bits per heavy atom. The van der Waals surface area contributed by atoms with Gasteiger partial charge in [-0.1, -0.05) is 0 Å². The second kappa shape index (κ2) is 4.67. The zero-order chi connectivity index (χ0) is 16.1. The summed E-state index contributed by atoms with van der Waals surface area (Å²) >= 11 is 0. The van der Waals surface area contributed by atoms with Crippen LogP contribution in [0.15, 0.2) is 50.5 Å². The number of hydrogen-bond acceptors (Lipinski definition) is 5. The molecule has 0 spiro atoms.